The standard InChI is InChI=1S/C16H12ClN3O2S/c1-9-5-4-8-12(17)13(9)18-16(23)19-20-14(21)10-6-2-3-7-11(10)15(20)22/h2-8H,1H3,(H2,18,19,23). The highest BCUT2D eigenvalue weighted by Crippen LogP contribution is 2.25. The third-order valence-electron chi connectivity index (χ3n) is 3.47. The van der Waals surface area contributed by atoms with Gasteiger partial charge in [-0.05, 0) is 42.9 Å². The minimum absolute atomic E-state index is 0.107. The van der Waals surface area contributed by atoms with E-state index in [2.05, 4.69) is 10.7 Å². The summed E-state index contributed by atoms with van der Waals surface area (Å²) in [5.74, 6) is -0.878. The van der Waals surface area contributed by atoms with Crippen molar-refractivity contribution >= 4 is 46.4 Å². The van der Waals surface area contributed by atoms with E-state index in [0.29, 0.717) is 21.8 Å². The molecule has 2 aromatic rings. The van der Waals surface area contributed by atoms with Gasteiger partial charge in [-0.1, -0.05) is 35.9 Å². The zero-order valence-corrected chi connectivity index (χ0v) is 13.7. The second-order valence-corrected chi connectivity index (χ2v) is 5.80. The fraction of sp³-hybridized carbons (Fsp3) is 0.0625. The lowest BCUT2D eigenvalue weighted by Crippen LogP contribution is -2.47. The first kappa shape index (κ1) is 15.5. The molecule has 23 heavy (non-hydrogen) atoms. The van der Waals surface area contributed by atoms with Crippen LogP contribution in [0.5, 0.6) is 0 Å². The number of hydrazine groups is 1. The van der Waals surface area contributed by atoms with Gasteiger partial charge in [0.25, 0.3) is 11.8 Å². The summed E-state index contributed by atoms with van der Waals surface area (Å²) in [4.78, 5) is 24.5. The summed E-state index contributed by atoms with van der Waals surface area (Å²) in [6, 6.07) is 12.0. The zero-order valence-electron chi connectivity index (χ0n) is 12.1. The topological polar surface area (TPSA) is 61.4 Å². The van der Waals surface area contributed by atoms with Gasteiger partial charge in [-0.3, -0.25) is 15.0 Å². The van der Waals surface area contributed by atoms with Crippen LogP contribution in [0.15, 0.2) is 42.5 Å². The molecule has 0 bridgehead atoms. The molecule has 0 saturated carbocycles. The number of fused-ring (bicyclic) bond motifs is 1. The van der Waals surface area contributed by atoms with E-state index in [1.807, 2.05) is 19.1 Å². The Bertz CT molecular complexity index is 783. The van der Waals surface area contributed by atoms with Gasteiger partial charge in [0.1, 0.15) is 0 Å². The van der Waals surface area contributed by atoms with Crippen LogP contribution in [0.1, 0.15) is 26.3 Å². The van der Waals surface area contributed by atoms with Gasteiger partial charge < -0.3 is 5.32 Å². The summed E-state index contributed by atoms with van der Waals surface area (Å²) in [5, 5.41) is 4.41. The number of rotatable bonds is 2. The monoisotopic (exact) mass is 345 g/mol. The molecule has 3 rings (SSSR count). The lowest BCUT2D eigenvalue weighted by molar-refractivity contribution is 0.0613. The Balaban J connectivity index is 1.77. The van der Waals surface area contributed by atoms with E-state index in [1.54, 1.807) is 30.3 Å². The van der Waals surface area contributed by atoms with Crippen LogP contribution in [0.2, 0.25) is 5.02 Å². The van der Waals surface area contributed by atoms with Gasteiger partial charge in [-0.25, -0.2) is 0 Å². The van der Waals surface area contributed by atoms with E-state index < -0.39 is 11.8 Å². The number of anilines is 1. The van der Waals surface area contributed by atoms with Crippen molar-refractivity contribution in [2.75, 3.05) is 5.32 Å². The predicted molar refractivity (Wildman–Crippen MR) is 92.5 cm³/mol. The Morgan fingerprint density at radius 2 is 1.65 bits per heavy atom. The quantitative estimate of drug-likeness (QED) is 0.646. The first-order valence-corrected chi connectivity index (χ1v) is 7.58. The molecule has 7 heteroatoms. The second-order valence-electron chi connectivity index (χ2n) is 4.99. The van der Waals surface area contributed by atoms with Crippen LogP contribution in [-0.2, 0) is 0 Å². The molecule has 5 nitrogen and oxygen atoms in total. The van der Waals surface area contributed by atoms with Crippen molar-refractivity contribution in [1.29, 1.82) is 0 Å². The number of thiocarbonyl (C=S) groups is 1. The van der Waals surface area contributed by atoms with Crippen molar-refractivity contribution < 1.29 is 9.59 Å². The Morgan fingerprint density at radius 1 is 1.04 bits per heavy atom. The fourth-order valence-electron chi connectivity index (χ4n) is 2.32. The molecule has 1 heterocycles. The third-order valence-corrected chi connectivity index (χ3v) is 3.98. The molecular weight excluding hydrogens is 334 g/mol. The van der Waals surface area contributed by atoms with Crippen molar-refractivity contribution in [3.63, 3.8) is 0 Å². The SMILES string of the molecule is Cc1cccc(Cl)c1NC(=S)NN1C(=O)c2ccccc2C1=O. The van der Waals surface area contributed by atoms with Crippen molar-refractivity contribution in [1.82, 2.24) is 10.4 Å². The molecule has 0 saturated heterocycles. The van der Waals surface area contributed by atoms with E-state index in [0.717, 1.165) is 10.6 Å². The van der Waals surface area contributed by atoms with E-state index in [1.165, 1.54) is 0 Å². The van der Waals surface area contributed by atoms with Gasteiger partial charge in [-0.2, -0.15) is 5.01 Å². The number of nitrogens with zero attached hydrogens (tertiary/aromatic N) is 1. The first-order chi connectivity index (χ1) is 11.0. The largest absolute Gasteiger partial charge is 0.330 e. The second kappa shape index (κ2) is 5.98. The minimum Gasteiger partial charge on any atom is -0.330 e. The summed E-state index contributed by atoms with van der Waals surface area (Å²) in [6.07, 6.45) is 0. The number of nitrogens with one attached hydrogen (secondary N) is 2. The summed E-state index contributed by atoms with van der Waals surface area (Å²) in [7, 11) is 0. The number of imide groups is 1. The first-order valence-electron chi connectivity index (χ1n) is 6.79. The normalized spacial score (nSPS) is 13.0. The molecule has 0 aromatic heterocycles. The highest BCUT2D eigenvalue weighted by molar-refractivity contribution is 7.80. The Hall–Kier alpha value is -2.44. The third kappa shape index (κ3) is 2.78. The maximum absolute atomic E-state index is 12.3. The number of carbonyl (C=O) groups is 2. The number of carbonyl (C=O) groups excluding carboxylic acids is 2. The number of aryl methyl sites for hydroxylation is 1. The summed E-state index contributed by atoms with van der Waals surface area (Å²) >= 11 is 11.3. The molecule has 0 radical (unpaired) electrons. The summed E-state index contributed by atoms with van der Waals surface area (Å²) < 4.78 is 0. The average Bonchev–Trinajstić information content (AvgIpc) is 2.77. The predicted octanol–water partition coefficient (Wildman–Crippen LogP) is 3.15. The molecule has 1 aliphatic rings. The highest BCUT2D eigenvalue weighted by Gasteiger charge is 2.36. The van der Waals surface area contributed by atoms with Crippen molar-refractivity contribution in [3.8, 4) is 0 Å². The Morgan fingerprint density at radius 3 is 2.22 bits per heavy atom. The summed E-state index contributed by atoms with van der Waals surface area (Å²) in [6.45, 7) is 1.87. The number of para-hydroxylation sites is 1. The molecular formula is C16H12ClN3O2S. The molecule has 2 N–H and O–H groups in total. The number of amides is 2. The summed E-state index contributed by atoms with van der Waals surface area (Å²) in [5.41, 5.74) is 4.84. The van der Waals surface area contributed by atoms with E-state index >= 15 is 0 Å². The van der Waals surface area contributed by atoms with Crippen LogP contribution in [0, 0.1) is 6.92 Å². The Kier molecular flexibility index (Phi) is 4.02. The van der Waals surface area contributed by atoms with Crippen LogP contribution in [0.25, 0.3) is 0 Å². The average molecular weight is 346 g/mol. The van der Waals surface area contributed by atoms with Gasteiger partial charge in [0.2, 0.25) is 0 Å². The van der Waals surface area contributed by atoms with Crippen molar-refractivity contribution in [2.24, 2.45) is 0 Å². The lowest BCUT2D eigenvalue weighted by atomic mass is 10.1. The van der Waals surface area contributed by atoms with Crippen LogP contribution >= 0.6 is 23.8 Å². The van der Waals surface area contributed by atoms with Crippen LogP contribution in [0.4, 0.5) is 5.69 Å². The van der Waals surface area contributed by atoms with Gasteiger partial charge in [-0.15, -0.1) is 0 Å². The molecule has 0 atom stereocenters. The van der Waals surface area contributed by atoms with Gasteiger partial charge in [0.15, 0.2) is 5.11 Å². The van der Waals surface area contributed by atoms with Gasteiger partial charge >= 0.3 is 0 Å². The number of halogens is 1. The highest BCUT2D eigenvalue weighted by atomic mass is 35.5. The number of hydrogen-bond acceptors (Lipinski definition) is 3. The van der Waals surface area contributed by atoms with Crippen molar-refractivity contribution in [3.05, 3.63) is 64.2 Å². The number of benzene rings is 2. The molecule has 0 aliphatic carbocycles. The van der Waals surface area contributed by atoms with Gasteiger partial charge in [0, 0.05) is 0 Å². The fourth-order valence-corrected chi connectivity index (χ4v) is 2.79. The Labute approximate surface area is 143 Å². The van der Waals surface area contributed by atoms with Gasteiger partial charge in [0.05, 0.1) is 21.8 Å². The molecule has 1 aliphatic heterocycles. The molecule has 116 valence electrons. The zero-order chi connectivity index (χ0) is 16.6. The lowest BCUT2D eigenvalue weighted by Gasteiger charge is -2.19. The minimum atomic E-state index is -0.439. The maximum atomic E-state index is 12.3. The van der Waals surface area contributed by atoms with Crippen molar-refractivity contribution in [2.45, 2.75) is 6.92 Å². The maximum Gasteiger partial charge on any atom is 0.280 e. The van der Waals surface area contributed by atoms with Crippen LogP contribution in [-0.4, -0.2) is 21.9 Å². The smallest absolute Gasteiger partial charge is 0.280 e. The number of hydrogen-bond donors (Lipinski definition) is 2. The van der Waals surface area contributed by atoms with E-state index in [4.69, 9.17) is 23.8 Å². The van der Waals surface area contributed by atoms with E-state index in [-0.39, 0.29) is 5.11 Å². The molecule has 2 aromatic carbocycles. The molecule has 2 amide bonds. The molecule has 0 fully saturated rings. The van der Waals surface area contributed by atoms with Crippen LogP contribution in [0.3, 0.4) is 0 Å². The molecule has 0 unspecified atom stereocenters. The van der Waals surface area contributed by atoms with Crippen LogP contribution < -0.4 is 10.7 Å². The van der Waals surface area contributed by atoms with E-state index in [9.17, 15) is 9.59 Å². The molecule has 0 spiro atoms.